The molecular weight excluding hydrogens is 339 g/mol. The Morgan fingerprint density at radius 2 is 1.96 bits per heavy atom. The molecule has 1 unspecified atom stereocenters. The number of aliphatic hydroxyl groups is 1. The number of nitrogens with zero attached hydrogens (tertiary/aromatic N) is 2. The zero-order chi connectivity index (χ0) is 18.7. The Labute approximate surface area is 149 Å². The molecule has 3 rings (SSSR count). The third kappa shape index (κ3) is 3.21. The van der Waals surface area contributed by atoms with Crippen molar-refractivity contribution in [3.8, 4) is 0 Å². The smallest absolute Gasteiger partial charge is 0.295 e. The molecule has 1 aliphatic heterocycles. The number of ether oxygens (including phenoxy) is 1. The summed E-state index contributed by atoms with van der Waals surface area (Å²) in [4.78, 5) is 30.6. The first-order valence-corrected chi connectivity index (χ1v) is 7.98. The maximum Gasteiger partial charge on any atom is 0.295 e. The van der Waals surface area contributed by atoms with Crippen LogP contribution in [-0.2, 0) is 14.3 Å². The van der Waals surface area contributed by atoms with Crippen molar-refractivity contribution in [2.45, 2.75) is 6.04 Å². The average Bonchev–Trinajstić information content (AvgIpc) is 2.91. The van der Waals surface area contributed by atoms with E-state index in [-0.39, 0.29) is 30.0 Å². The van der Waals surface area contributed by atoms with Gasteiger partial charge < -0.3 is 14.7 Å². The second-order valence-corrected chi connectivity index (χ2v) is 5.75. The molecule has 1 atom stereocenters. The number of aliphatic hydroxyl groups excluding tert-OH is 1. The van der Waals surface area contributed by atoms with Crippen molar-refractivity contribution < 1.29 is 23.8 Å². The molecule has 0 bridgehead atoms. The van der Waals surface area contributed by atoms with Gasteiger partial charge in [-0.1, -0.05) is 6.07 Å². The predicted octanol–water partition coefficient (Wildman–Crippen LogP) is 2.29. The molecule has 0 radical (unpaired) electrons. The average molecular weight is 356 g/mol. The molecule has 0 spiro atoms. The highest BCUT2D eigenvalue weighted by molar-refractivity contribution is 6.46. The summed E-state index contributed by atoms with van der Waals surface area (Å²) in [7, 11) is 1.49. The minimum Gasteiger partial charge on any atom is -0.507 e. The van der Waals surface area contributed by atoms with Gasteiger partial charge in [-0.3, -0.25) is 14.6 Å². The highest BCUT2D eigenvalue weighted by atomic mass is 19.1. The van der Waals surface area contributed by atoms with Crippen molar-refractivity contribution in [3.63, 3.8) is 0 Å². The minimum atomic E-state index is -0.837. The SMILES string of the molecule is COCCN1C(=O)C(=O)/C(=C(\O)c2ccc(F)cc2)C1c1ccccn1. The van der Waals surface area contributed by atoms with Crippen molar-refractivity contribution in [1.82, 2.24) is 9.88 Å². The number of hydrogen-bond donors (Lipinski definition) is 1. The summed E-state index contributed by atoms with van der Waals surface area (Å²) in [6.07, 6.45) is 1.55. The molecule has 1 amide bonds. The van der Waals surface area contributed by atoms with Gasteiger partial charge in [0.25, 0.3) is 11.7 Å². The lowest BCUT2D eigenvalue weighted by Gasteiger charge is -2.24. The van der Waals surface area contributed by atoms with Crippen molar-refractivity contribution in [1.29, 1.82) is 0 Å². The summed E-state index contributed by atoms with van der Waals surface area (Å²) in [6.45, 7) is 0.398. The Hall–Kier alpha value is -3.06. The van der Waals surface area contributed by atoms with E-state index in [1.165, 1.54) is 36.3 Å². The molecule has 0 saturated carbocycles. The van der Waals surface area contributed by atoms with Crippen LogP contribution < -0.4 is 0 Å². The molecule has 1 aromatic heterocycles. The van der Waals surface area contributed by atoms with Gasteiger partial charge in [-0.15, -0.1) is 0 Å². The zero-order valence-electron chi connectivity index (χ0n) is 14.1. The van der Waals surface area contributed by atoms with Crippen molar-refractivity contribution in [3.05, 3.63) is 71.3 Å². The van der Waals surface area contributed by atoms with Crippen molar-refractivity contribution in [2.24, 2.45) is 0 Å². The number of ketones is 1. The molecule has 7 heteroatoms. The Morgan fingerprint density at radius 1 is 1.23 bits per heavy atom. The lowest BCUT2D eigenvalue weighted by Crippen LogP contribution is -2.33. The number of hydrogen-bond acceptors (Lipinski definition) is 5. The van der Waals surface area contributed by atoms with E-state index in [0.717, 1.165) is 0 Å². The van der Waals surface area contributed by atoms with Crippen LogP contribution in [0.5, 0.6) is 0 Å². The number of carbonyl (C=O) groups excluding carboxylic acids is 2. The van der Waals surface area contributed by atoms with Crippen LogP contribution in [0.15, 0.2) is 54.2 Å². The summed E-state index contributed by atoms with van der Waals surface area (Å²) in [5, 5.41) is 10.7. The predicted molar refractivity (Wildman–Crippen MR) is 91.5 cm³/mol. The van der Waals surface area contributed by atoms with Crippen LogP contribution in [-0.4, -0.2) is 46.9 Å². The summed E-state index contributed by atoms with van der Waals surface area (Å²) >= 11 is 0. The Morgan fingerprint density at radius 3 is 2.58 bits per heavy atom. The molecule has 1 aliphatic rings. The van der Waals surface area contributed by atoms with Crippen LogP contribution in [0.25, 0.3) is 5.76 Å². The zero-order valence-corrected chi connectivity index (χ0v) is 14.1. The molecule has 134 valence electrons. The molecule has 1 N–H and O–H groups in total. The first kappa shape index (κ1) is 17.8. The second kappa shape index (κ2) is 7.45. The summed E-state index contributed by atoms with van der Waals surface area (Å²) in [5.41, 5.74) is 0.625. The topological polar surface area (TPSA) is 79.7 Å². The number of pyridine rings is 1. The fourth-order valence-electron chi connectivity index (χ4n) is 2.91. The molecule has 1 aromatic carbocycles. The number of methoxy groups -OCH3 is 1. The van der Waals surface area contributed by atoms with Gasteiger partial charge in [0.15, 0.2) is 0 Å². The maximum atomic E-state index is 13.2. The number of halogens is 1. The molecule has 1 saturated heterocycles. The molecule has 1 fully saturated rings. The first-order chi connectivity index (χ1) is 12.5. The van der Waals surface area contributed by atoms with E-state index in [9.17, 15) is 19.1 Å². The van der Waals surface area contributed by atoms with Gasteiger partial charge in [-0.25, -0.2) is 4.39 Å². The minimum absolute atomic E-state index is 0.0728. The fraction of sp³-hybridized carbons (Fsp3) is 0.211. The first-order valence-electron chi connectivity index (χ1n) is 7.98. The lowest BCUT2D eigenvalue weighted by atomic mass is 9.98. The Balaban J connectivity index is 2.14. The largest absolute Gasteiger partial charge is 0.507 e. The third-order valence-electron chi connectivity index (χ3n) is 4.16. The molecule has 0 aliphatic carbocycles. The van der Waals surface area contributed by atoms with Crippen LogP contribution in [0.2, 0.25) is 0 Å². The summed E-state index contributed by atoms with van der Waals surface area (Å²) < 4.78 is 18.2. The molecule has 2 aromatic rings. The van der Waals surface area contributed by atoms with Crippen LogP contribution in [0.4, 0.5) is 4.39 Å². The van der Waals surface area contributed by atoms with E-state index >= 15 is 0 Å². The van der Waals surface area contributed by atoms with Crippen LogP contribution in [0, 0.1) is 5.82 Å². The highest BCUT2D eigenvalue weighted by Crippen LogP contribution is 2.38. The van der Waals surface area contributed by atoms with E-state index in [2.05, 4.69) is 4.98 Å². The van der Waals surface area contributed by atoms with Gasteiger partial charge in [-0.2, -0.15) is 0 Å². The molecule has 26 heavy (non-hydrogen) atoms. The van der Waals surface area contributed by atoms with Gasteiger partial charge in [0.2, 0.25) is 0 Å². The van der Waals surface area contributed by atoms with Gasteiger partial charge in [0.05, 0.1) is 17.9 Å². The van der Waals surface area contributed by atoms with Gasteiger partial charge in [-0.05, 0) is 36.4 Å². The standard InChI is InChI=1S/C19H17FN2O4/c1-26-11-10-22-16(14-4-2-3-9-21-14)15(18(24)19(22)25)17(23)12-5-7-13(20)8-6-12/h2-9,16,23H,10-11H2,1H3/b17-15-. The van der Waals surface area contributed by atoms with E-state index in [1.54, 1.807) is 24.4 Å². The molecule has 2 heterocycles. The van der Waals surface area contributed by atoms with Gasteiger partial charge >= 0.3 is 0 Å². The number of Topliss-reactive ketones (excluding diaryl/α,β-unsaturated/α-hetero) is 1. The van der Waals surface area contributed by atoms with Crippen LogP contribution in [0.1, 0.15) is 17.3 Å². The van der Waals surface area contributed by atoms with Gasteiger partial charge in [0, 0.05) is 25.4 Å². The number of aromatic nitrogens is 1. The number of likely N-dealkylation sites (tertiary alicyclic amines) is 1. The lowest BCUT2D eigenvalue weighted by molar-refractivity contribution is -0.140. The van der Waals surface area contributed by atoms with Crippen molar-refractivity contribution >= 4 is 17.4 Å². The monoisotopic (exact) mass is 356 g/mol. The van der Waals surface area contributed by atoms with Crippen LogP contribution in [0.3, 0.4) is 0 Å². The Kier molecular flexibility index (Phi) is 5.09. The number of rotatable bonds is 5. The second-order valence-electron chi connectivity index (χ2n) is 5.75. The maximum absolute atomic E-state index is 13.2. The van der Waals surface area contributed by atoms with E-state index in [0.29, 0.717) is 5.69 Å². The Bertz CT molecular complexity index is 850. The third-order valence-corrected chi connectivity index (χ3v) is 4.16. The van der Waals surface area contributed by atoms with Gasteiger partial charge in [0.1, 0.15) is 17.6 Å². The summed E-state index contributed by atoms with van der Waals surface area (Å²) in [5.74, 6) is -2.37. The highest BCUT2D eigenvalue weighted by Gasteiger charge is 2.46. The fourth-order valence-corrected chi connectivity index (χ4v) is 2.91. The van der Waals surface area contributed by atoms with Crippen LogP contribution >= 0.6 is 0 Å². The molecule has 6 nitrogen and oxygen atoms in total. The number of carbonyl (C=O) groups is 2. The normalized spacial score (nSPS) is 19.2. The van der Waals surface area contributed by atoms with E-state index in [4.69, 9.17) is 4.74 Å². The number of amides is 1. The molecular formula is C19H17FN2O4. The van der Waals surface area contributed by atoms with Crippen molar-refractivity contribution in [2.75, 3.05) is 20.3 Å². The van der Waals surface area contributed by atoms with E-state index < -0.39 is 23.5 Å². The number of benzene rings is 1. The van der Waals surface area contributed by atoms with E-state index in [1.807, 2.05) is 0 Å². The summed E-state index contributed by atoms with van der Waals surface area (Å²) in [6, 6.07) is 9.33. The quantitative estimate of drug-likeness (QED) is 0.505.